The zero-order chi connectivity index (χ0) is 17.3. The van der Waals surface area contributed by atoms with E-state index in [9.17, 15) is 31.4 Å². The minimum absolute atomic E-state index is 0.0594. The molecule has 0 saturated carbocycles. The fourth-order valence-electron chi connectivity index (χ4n) is 1.59. The third kappa shape index (κ3) is 4.69. The summed E-state index contributed by atoms with van der Waals surface area (Å²) in [7, 11) is 0. The van der Waals surface area contributed by atoms with Gasteiger partial charge in [0.15, 0.2) is 5.75 Å². The van der Waals surface area contributed by atoms with E-state index in [1.807, 2.05) is 13.8 Å². The quantitative estimate of drug-likeness (QED) is 0.415. The predicted molar refractivity (Wildman–Crippen MR) is 74.2 cm³/mol. The van der Waals surface area contributed by atoms with Crippen LogP contribution in [0.15, 0.2) is 12.1 Å². The highest BCUT2D eigenvalue weighted by Gasteiger charge is 2.40. The van der Waals surface area contributed by atoms with Gasteiger partial charge >= 0.3 is 12.4 Å². The number of nitrogens with one attached hydrogen (secondary N) is 1. The number of benzene rings is 1. The second kappa shape index (κ2) is 6.55. The van der Waals surface area contributed by atoms with Crippen LogP contribution < -0.4 is 5.32 Å². The van der Waals surface area contributed by atoms with E-state index >= 15 is 0 Å². The molecule has 1 aromatic rings. The van der Waals surface area contributed by atoms with E-state index in [1.165, 1.54) is 0 Å². The second-order valence-corrected chi connectivity index (χ2v) is 6.23. The Labute approximate surface area is 131 Å². The molecule has 0 saturated heterocycles. The number of alkyl halides is 7. The fraction of sp³-hybridized carbons (Fsp3) is 0.538. The Hall–Kier alpha value is -1.12. The molecule has 0 aliphatic rings. The van der Waals surface area contributed by atoms with Crippen LogP contribution in [0, 0.1) is 5.92 Å². The molecule has 22 heavy (non-hydrogen) atoms. The Bertz CT molecular complexity index is 526. The summed E-state index contributed by atoms with van der Waals surface area (Å²) in [5, 5.41) is 12.0. The molecule has 0 aromatic heterocycles. The smallest absolute Gasteiger partial charge is 0.420 e. The minimum atomic E-state index is -5.09. The lowest BCUT2D eigenvalue weighted by Gasteiger charge is -2.20. The Morgan fingerprint density at radius 2 is 1.64 bits per heavy atom. The first kappa shape index (κ1) is 18.9. The first-order valence-corrected chi connectivity index (χ1v) is 7.15. The fourth-order valence-corrected chi connectivity index (χ4v) is 1.75. The molecule has 0 bridgehead atoms. The number of aromatic hydroxyl groups is 1. The average Bonchev–Trinajstić information content (AvgIpc) is 2.33. The Balaban J connectivity index is 3.26. The highest BCUT2D eigenvalue weighted by Crippen LogP contribution is 2.44. The van der Waals surface area contributed by atoms with Crippen molar-refractivity contribution in [3.05, 3.63) is 23.3 Å². The Kier molecular flexibility index (Phi) is 5.64. The van der Waals surface area contributed by atoms with Crippen molar-refractivity contribution in [2.24, 2.45) is 5.92 Å². The van der Waals surface area contributed by atoms with E-state index < -0.39 is 34.9 Å². The molecule has 126 valence electrons. The zero-order valence-corrected chi connectivity index (χ0v) is 13.2. The van der Waals surface area contributed by atoms with Crippen LogP contribution in [-0.2, 0) is 12.4 Å². The highest BCUT2D eigenvalue weighted by atomic mass is 79.9. The highest BCUT2D eigenvalue weighted by molar-refractivity contribution is 9.09. The number of hydrogen-bond donors (Lipinski definition) is 2. The van der Waals surface area contributed by atoms with Crippen molar-refractivity contribution in [3.8, 4) is 5.75 Å². The lowest BCUT2D eigenvalue weighted by Crippen LogP contribution is -2.20. The number of rotatable bonds is 4. The van der Waals surface area contributed by atoms with Gasteiger partial charge in [0.25, 0.3) is 0 Å². The minimum Gasteiger partial charge on any atom is -0.505 e. The van der Waals surface area contributed by atoms with Crippen molar-refractivity contribution in [2.45, 2.75) is 31.0 Å². The molecule has 2 N–H and O–H groups in total. The molecule has 1 unspecified atom stereocenters. The van der Waals surface area contributed by atoms with Gasteiger partial charge in [0.2, 0.25) is 0 Å². The third-order valence-corrected chi connectivity index (χ3v) is 4.33. The lowest BCUT2D eigenvalue weighted by molar-refractivity contribution is -0.143. The average molecular weight is 394 g/mol. The second-order valence-electron chi connectivity index (χ2n) is 5.06. The number of anilines is 1. The molecule has 0 aliphatic heterocycles. The van der Waals surface area contributed by atoms with Gasteiger partial charge in [0.05, 0.1) is 16.8 Å². The van der Waals surface area contributed by atoms with Crippen LogP contribution in [0.3, 0.4) is 0 Å². The molecule has 0 spiro atoms. The van der Waals surface area contributed by atoms with Crippen LogP contribution in [0.5, 0.6) is 5.75 Å². The van der Waals surface area contributed by atoms with Gasteiger partial charge in [-0.2, -0.15) is 26.3 Å². The van der Waals surface area contributed by atoms with Crippen LogP contribution in [0.1, 0.15) is 25.0 Å². The topological polar surface area (TPSA) is 32.3 Å². The van der Waals surface area contributed by atoms with E-state index in [4.69, 9.17) is 0 Å². The molecular formula is C13H14BrF6NO. The molecule has 0 radical (unpaired) electrons. The van der Waals surface area contributed by atoms with Crippen LogP contribution >= 0.6 is 15.9 Å². The maximum absolute atomic E-state index is 12.8. The molecule has 1 aromatic carbocycles. The van der Waals surface area contributed by atoms with Crippen LogP contribution in [0.4, 0.5) is 32.0 Å². The van der Waals surface area contributed by atoms with Crippen LogP contribution in [0.2, 0.25) is 0 Å². The van der Waals surface area contributed by atoms with Gasteiger partial charge in [-0.05, 0) is 18.1 Å². The van der Waals surface area contributed by atoms with Gasteiger partial charge in [-0.25, -0.2) is 0 Å². The SMILES string of the molecule is CC(C)C(Br)CNc1cc(C(F)(F)F)cc(C(F)(F)F)c1O. The maximum Gasteiger partial charge on any atom is 0.420 e. The zero-order valence-electron chi connectivity index (χ0n) is 11.6. The largest absolute Gasteiger partial charge is 0.505 e. The summed E-state index contributed by atoms with van der Waals surface area (Å²) in [6.45, 7) is 3.71. The van der Waals surface area contributed by atoms with Crippen molar-refractivity contribution >= 4 is 21.6 Å². The van der Waals surface area contributed by atoms with Gasteiger partial charge in [-0.1, -0.05) is 29.8 Å². The molecule has 1 rings (SSSR count). The third-order valence-electron chi connectivity index (χ3n) is 2.95. The van der Waals surface area contributed by atoms with E-state index in [0.717, 1.165) is 0 Å². The monoisotopic (exact) mass is 393 g/mol. The van der Waals surface area contributed by atoms with Gasteiger partial charge in [-0.15, -0.1) is 0 Å². The normalized spacial score (nSPS) is 14.3. The molecule has 0 amide bonds. The van der Waals surface area contributed by atoms with Crippen molar-refractivity contribution < 1.29 is 31.4 Å². The van der Waals surface area contributed by atoms with Gasteiger partial charge in [-0.3, -0.25) is 0 Å². The summed E-state index contributed by atoms with van der Waals surface area (Å²) < 4.78 is 76.4. The molecule has 0 aliphatic carbocycles. The number of halogens is 7. The standard InChI is InChI=1S/C13H14BrF6NO/c1-6(2)9(14)5-21-10-4-7(12(15,16)17)3-8(11(10)22)13(18,19)20/h3-4,6,9,21-22H,5H2,1-2H3. The first-order valence-electron chi connectivity index (χ1n) is 6.23. The summed E-state index contributed by atoms with van der Waals surface area (Å²) in [6.07, 6.45) is -10.0. The van der Waals surface area contributed by atoms with Crippen LogP contribution in [0.25, 0.3) is 0 Å². The first-order chi connectivity index (χ1) is 9.84. The maximum atomic E-state index is 12.8. The molecule has 0 fully saturated rings. The molecular weight excluding hydrogens is 380 g/mol. The molecule has 9 heteroatoms. The summed E-state index contributed by atoms with van der Waals surface area (Å²) in [4.78, 5) is -0.184. The molecule has 0 heterocycles. The van der Waals surface area contributed by atoms with Crippen molar-refractivity contribution in [1.82, 2.24) is 0 Å². The van der Waals surface area contributed by atoms with Gasteiger partial charge in [0.1, 0.15) is 0 Å². The van der Waals surface area contributed by atoms with E-state index in [2.05, 4.69) is 21.2 Å². The predicted octanol–water partition coefficient (Wildman–Crippen LogP) is 5.26. The van der Waals surface area contributed by atoms with Crippen LogP contribution in [-0.4, -0.2) is 16.5 Å². The summed E-state index contributed by atoms with van der Waals surface area (Å²) in [5.41, 5.74) is -3.80. The van der Waals surface area contributed by atoms with Crippen molar-refractivity contribution in [3.63, 3.8) is 0 Å². The number of phenols is 1. The molecule has 2 nitrogen and oxygen atoms in total. The van der Waals surface area contributed by atoms with Gasteiger partial charge in [0, 0.05) is 11.4 Å². The van der Waals surface area contributed by atoms with E-state index in [-0.39, 0.29) is 23.4 Å². The summed E-state index contributed by atoms with van der Waals surface area (Å²) in [5.74, 6) is -1.15. The number of phenolic OH excluding ortho intramolecular Hbond substituents is 1. The van der Waals surface area contributed by atoms with Crippen molar-refractivity contribution in [1.29, 1.82) is 0 Å². The summed E-state index contributed by atoms with van der Waals surface area (Å²) >= 11 is 3.25. The molecule has 1 atom stereocenters. The van der Waals surface area contributed by atoms with E-state index in [1.54, 1.807) is 0 Å². The summed E-state index contributed by atoms with van der Waals surface area (Å²) in [6, 6.07) is 0.360. The van der Waals surface area contributed by atoms with E-state index in [0.29, 0.717) is 6.07 Å². The van der Waals surface area contributed by atoms with Gasteiger partial charge < -0.3 is 10.4 Å². The Morgan fingerprint density at radius 3 is 2.05 bits per heavy atom. The number of hydrogen-bond acceptors (Lipinski definition) is 2. The lowest BCUT2D eigenvalue weighted by atomic mass is 10.1. The van der Waals surface area contributed by atoms with Crippen molar-refractivity contribution in [2.75, 3.05) is 11.9 Å². The Morgan fingerprint density at radius 1 is 1.09 bits per heavy atom.